The number of hydrogen-bond acceptors (Lipinski definition) is 2. The molecule has 1 aliphatic heterocycles. The summed E-state index contributed by atoms with van der Waals surface area (Å²) in [5, 5.41) is 0. The van der Waals surface area contributed by atoms with Gasteiger partial charge in [0.05, 0.1) is 6.42 Å². The monoisotopic (exact) mass is 324 g/mol. The Balaban J connectivity index is 1.99. The van der Waals surface area contributed by atoms with Crippen molar-refractivity contribution in [3.8, 4) is 0 Å². The summed E-state index contributed by atoms with van der Waals surface area (Å²) >= 11 is 3.41. The third-order valence-electron chi connectivity index (χ3n) is 3.72. The van der Waals surface area contributed by atoms with Gasteiger partial charge in [0.25, 0.3) is 0 Å². The van der Waals surface area contributed by atoms with Gasteiger partial charge in [-0.2, -0.15) is 0 Å². The molecule has 1 aliphatic rings. The van der Waals surface area contributed by atoms with Crippen LogP contribution in [0.4, 0.5) is 0 Å². The number of likely N-dealkylation sites (tertiary alicyclic amines) is 1. The van der Waals surface area contributed by atoms with Gasteiger partial charge in [0, 0.05) is 17.1 Å². The first-order valence-electron chi connectivity index (χ1n) is 6.94. The van der Waals surface area contributed by atoms with E-state index in [0.717, 1.165) is 35.8 Å². The van der Waals surface area contributed by atoms with E-state index in [1.54, 1.807) is 0 Å². The molecule has 1 heterocycles. The zero-order valence-electron chi connectivity index (χ0n) is 11.1. The van der Waals surface area contributed by atoms with Crippen molar-refractivity contribution < 1.29 is 4.79 Å². The van der Waals surface area contributed by atoms with Crippen LogP contribution in [0.1, 0.15) is 31.2 Å². The highest BCUT2D eigenvalue weighted by Gasteiger charge is 2.25. The molecule has 19 heavy (non-hydrogen) atoms. The Morgan fingerprint density at radius 2 is 2.05 bits per heavy atom. The molecule has 0 spiro atoms. The lowest BCUT2D eigenvalue weighted by Crippen LogP contribution is -2.45. The maximum atomic E-state index is 12.4. The molecule has 1 fully saturated rings. The Morgan fingerprint density at radius 1 is 1.32 bits per heavy atom. The molecule has 1 aromatic rings. The summed E-state index contributed by atoms with van der Waals surface area (Å²) in [5.74, 6) is 0.237. The molecule has 3 nitrogen and oxygen atoms in total. The minimum Gasteiger partial charge on any atom is -0.339 e. The molecule has 0 radical (unpaired) electrons. The van der Waals surface area contributed by atoms with Crippen LogP contribution in [-0.4, -0.2) is 29.9 Å². The zero-order valence-corrected chi connectivity index (χ0v) is 12.7. The molecular weight excluding hydrogens is 304 g/mol. The lowest BCUT2D eigenvalue weighted by atomic mass is 9.98. The standard InChI is InChI=1S/C15H21BrN2O/c16-13-6-4-12(5-7-13)11-15(19)18-10-2-1-3-14(18)8-9-17/h4-7,14H,1-3,8-11,17H2. The highest BCUT2D eigenvalue weighted by molar-refractivity contribution is 9.10. The molecule has 1 unspecified atom stereocenters. The number of carbonyl (C=O) groups is 1. The molecule has 1 atom stereocenters. The number of nitrogens with zero attached hydrogens (tertiary/aromatic N) is 1. The molecule has 104 valence electrons. The second kappa shape index (κ2) is 7.06. The fourth-order valence-corrected chi connectivity index (χ4v) is 2.96. The molecule has 1 saturated heterocycles. The van der Waals surface area contributed by atoms with Crippen molar-refractivity contribution in [3.63, 3.8) is 0 Å². The summed E-state index contributed by atoms with van der Waals surface area (Å²) in [4.78, 5) is 14.5. The first kappa shape index (κ1) is 14.5. The van der Waals surface area contributed by atoms with E-state index in [-0.39, 0.29) is 5.91 Å². The predicted molar refractivity (Wildman–Crippen MR) is 80.9 cm³/mol. The van der Waals surface area contributed by atoms with Gasteiger partial charge in [-0.15, -0.1) is 0 Å². The van der Waals surface area contributed by atoms with Crippen LogP contribution in [-0.2, 0) is 11.2 Å². The summed E-state index contributed by atoms with van der Waals surface area (Å²) in [6.45, 7) is 1.55. The van der Waals surface area contributed by atoms with Crippen LogP contribution in [0.3, 0.4) is 0 Å². The van der Waals surface area contributed by atoms with Crippen LogP contribution in [0, 0.1) is 0 Å². The summed E-state index contributed by atoms with van der Waals surface area (Å²) < 4.78 is 1.04. The molecule has 2 N–H and O–H groups in total. The Bertz CT molecular complexity index is 417. The van der Waals surface area contributed by atoms with E-state index in [0.29, 0.717) is 19.0 Å². The Morgan fingerprint density at radius 3 is 2.74 bits per heavy atom. The fraction of sp³-hybridized carbons (Fsp3) is 0.533. The molecule has 0 bridgehead atoms. The quantitative estimate of drug-likeness (QED) is 0.925. The highest BCUT2D eigenvalue weighted by atomic mass is 79.9. The van der Waals surface area contributed by atoms with Gasteiger partial charge in [-0.05, 0) is 49.9 Å². The number of piperidine rings is 1. The largest absolute Gasteiger partial charge is 0.339 e. The molecule has 0 aliphatic carbocycles. The van der Waals surface area contributed by atoms with Gasteiger partial charge in [0.2, 0.25) is 5.91 Å². The van der Waals surface area contributed by atoms with E-state index in [9.17, 15) is 4.79 Å². The Hall–Kier alpha value is -0.870. The van der Waals surface area contributed by atoms with E-state index >= 15 is 0 Å². The maximum Gasteiger partial charge on any atom is 0.227 e. The summed E-state index contributed by atoms with van der Waals surface area (Å²) in [6, 6.07) is 8.32. The molecular formula is C15H21BrN2O. The number of hydrogen-bond donors (Lipinski definition) is 1. The van der Waals surface area contributed by atoms with E-state index < -0.39 is 0 Å². The van der Waals surface area contributed by atoms with Gasteiger partial charge in [-0.1, -0.05) is 28.1 Å². The number of nitrogens with two attached hydrogens (primary N) is 1. The lowest BCUT2D eigenvalue weighted by molar-refractivity contribution is -0.134. The first-order valence-corrected chi connectivity index (χ1v) is 7.74. The van der Waals surface area contributed by atoms with Crippen molar-refractivity contribution in [1.29, 1.82) is 0 Å². The van der Waals surface area contributed by atoms with Crippen molar-refractivity contribution in [2.75, 3.05) is 13.1 Å². The maximum absolute atomic E-state index is 12.4. The number of benzene rings is 1. The van der Waals surface area contributed by atoms with Crippen LogP contribution in [0.2, 0.25) is 0 Å². The van der Waals surface area contributed by atoms with Crippen LogP contribution in [0.15, 0.2) is 28.7 Å². The number of rotatable bonds is 4. The molecule has 1 aromatic carbocycles. The lowest BCUT2D eigenvalue weighted by Gasteiger charge is -2.35. The smallest absolute Gasteiger partial charge is 0.227 e. The Kier molecular flexibility index (Phi) is 5.40. The number of halogens is 1. The summed E-state index contributed by atoms with van der Waals surface area (Å²) in [5.41, 5.74) is 6.72. The third kappa shape index (κ3) is 4.05. The first-order chi connectivity index (χ1) is 9.20. The van der Waals surface area contributed by atoms with Gasteiger partial charge in [-0.25, -0.2) is 0 Å². The fourth-order valence-electron chi connectivity index (χ4n) is 2.70. The molecule has 0 aromatic heterocycles. The van der Waals surface area contributed by atoms with Crippen molar-refractivity contribution >= 4 is 21.8 Å². The minimum atomic E-state index is 0.237. The van der Waals surface area contributed by atoms with Crippen molar-refractivity contribution in [3.05, 3.63) is 34.3 Å². The van der Waals surface area contributed by atoms with E-state index in [2.05, 4.69) is 15.9 Å². The zero-order chi connectivity index (χ0) is 13.7. The normalized spacial score (nSPS) is 19.5. The average molecular weight is 325 g/mol. The third-order valence-corrected chi connectivity index (χ3v) is 4.24. The summed E-state index contributed by atoms with van der Waals surface area (Å²) in [7, 11) is 0. The highest BCUT2D eigenvalue weighted by Crippen LogP contribution is 2.21. The topological polar surface area (TPSA) is 46.3 Å². The van der Waals surface area contributed by atoms with E-state index in [1.165, 1.54) is 6.42 Å². The Labute approximate surface area is 123 Å². The van der Waals surface area contributed by atoms with Gasteiger partial charge in [-0.3, -0.25) is 4.79 Å². The molecule has 1 amide bonds. The molecule has 4 heteroatoms. The molecule has 2 rings (SSSR count). The second-order valence-corrected chi connectivity index (χ2v) is 6.03. The molecule has 0 saturated carbocycles. The van der Waals surface area contributed by atoms with Gasteiger partial charge >= 0.3 is 0 Å². The van der Waals surface area contributed by atoms with Crippen molar-refractivity contribution in [2.45, 2.75) is 38.1 Å². The van der Waals surface area contributed by atoms with Crippen molar-refractivity contribution in [1.82, 2.24) is 4.90 Å². The van der Waals surface area contributed by atoms with Gasteiger partial charge in [0.1, 0.15) is 0 Å². The second-order valence-electron chi connectivity index (χ2n) is 5.12. The van der Waals surface area contributed by atoms with Gasteiger partial charge < -0.3 is 10.6 Å². The van der Waals surface area contributed by atoms with Crippen LogP contribution >= 0.6 is 15.9 Å². The average Bonchev–Trinajstić information content (AvgIpc) is 2.42. The van der Waals surface area contributed by atoms with E-state index in [4.69, 9.17) is 5.73 Å². The van der Waals surface area contributed by atoms with Crippen molar-refractivity contribution in [2.24, 2.45) is 5.73 Å². The van der Waals surface area contributed by atoms with E-state index in [1.807, 2.05) is 29.2 Å². The number of carbonyl (C=O) groups excluding carboxylic acids is 1. The minimum absolute atomic E-state index is 0.237. The van der Waals surface area contributed by atoms with Crippen LogP contribution in [0.5, 0.6) is 0 Å². The predicted octanol–water partition coefficient (Wildman–Crippen LogP) is 2.72. The van der Waals surface area contributed by atoms with Crippen LogP contribution in [0.25, 0.3) is 0 Å². The van der Waals surface area contributed by atoms with Crippen LogP contribution < -0.4 is 5.73 Å². The van der Waals surface area contributed by atoms with Gasteiger partial charge in [0.15, 0.2) is 0 Å². The SMILES string of the molecule is NCCC1CCCCN1C(=O)Cc1ccc(Br)cc1. The summed E-state index contributed by atoms with van der Waals surface area (Å²) in [6.07, 6.45) is 4.85. The number of amides is 1.